The first-order valence-corrected chi connectivity index (χ1v) is 4.46. The lowest BCUT2D eigenvalue weighted by Crippen LogP contribution is -2.22. The first-order valence-electron chi connectivity index (χ1n) is 4.46. The zero-order valence-electron chi connectivity index (χ0n) is 9.24. The monoisotopic (exact) mass is 207 g/mol. The van der Waals surface area contributed by atoms with Crippen LogP contribution in [0.1, 0.15) is 29.9 Å². The molecular formula is C10H13N3O2. The summed E-state index contributed by atoms with van der Waals surface area (Å²) in [5, 5.41) is 13.0. The topological polar surface area (TPSA) is 67.9 Å². The summed E-state index contributed by atoms with van der Waals surface area (Å²) in [6, 6.07) is 2.14. The third kappa shape index (κ3) is 1.84. The van der Waals surface area contributed by atoms with Crippen LogP contribution in [0.3, 0.4) is 0 Å². The summed E-state index contributed by atoms with van der Waals surface area (Å²) < 4.78 is 6.15. The number of carbonyl (C=O) groups is 1. The minimum absolute atomic E-state index is 0.339. The van der Waals surface area contributed by atoms with Crippen LogP contribution in [0, 0.1) is 11.3 Å². The molecule has 5 heteroatoms. The van der Waals surface area contributed by atoms with Crippen molar-refractivity contribution in [2.75, 3.05) is 7.11 Å². The number of hydrogen-bond acceptors (Lipinski definition) is 4. The van der Waals surface area contributed by atoms with E-state index in [-0.39, 0.29) is 0 Å². The first kappa shape index (κ1) is 11.2. The fraction of sp³-hybridized carbons (Fsp3) is 0.500. The molecule has 0 saturated carbocycles. The standard InChI is InChI=1S/C10H13N3O2/c1-10(2,6-11)8-7(9(14)15-4)5-12-13(8)3/h5H,1-4H3. The second-order valence-electron chi connectivity index (χ2n) is 3.76. The van der Waals surface area contributed by atoms with Crippen LogP contribution >= 0.6 is 0 Å². The van der Waals surface area contributed by atoms with Crippen molar-refractivity contribution in [3.8, 4) is 6.07 Å². The van der Waals surface area contributed by atoms with E-state index < -0.39 is 11.4 Å². The van der Waals surface area contributed by atoms with Crippen molar-refractivity contribution < 1.29 is 9.53 Å². The summed E-state index contributed by atoms with van der Waals surface area (Å²) in [6.07, 6.45) is 1.42. The maximum Gasteiger partial charge on any atom is 0.341 e. The quantitative estimate of drug-likeness (QED) is 0.678. The molecule has 0 aliphatic carbocycles. The fourth-order valence-corrected chi connectivity index (χ4v) is 1.49. The smallest absolute Gasteiger partial charge is 0.341 e. The number of hydrogen-bond donors (Lipinski definition) is 0. The molecule has 0 saturated heterocycles. The number of rotatable bonds is 2. The Morgan fingerprint density at radius 3 is 2.73 bits per heavy atom. The van der Waals surface area contributed by atoms with Crippen LogP contribution in [-0.2, 0) is 17.2 Å². The third-order valence-electron chi connectivity index (χ3n) is 2.22. The van der Waals surface area contributed by atoms with E-state index in [1.165, 1.54) is 18.0 Å². The number of nitrogens with zero attached hydrogens (tertiary/aromatic N) is 3. The van der Waals surface area contributed by atoms with Gasteiger partial charge in [0.05, 0.1) is 30.5 Å². The molecule has 0 aromatic carbocycles. The number of esters is 1. The van der Waals surface area contributed by atoms with E-state index in [9.17, 15) is 4.79 Å². The summed E-state index contributed by atoms with van der Waals surface area (Å²) in [7, 11) is 3.00. The van der Waals surface area contributed by atoms with Crippen molar-refractivity contribution in [2.24, 2.45) is 7.05 Å². The molecule has 1 aromatic rings. The number of ether oxygens (including phenoxy) is 1. The van der Waals surface area contributed by atoms with E-state index in [2.05, 4.69) is 15.9 Å². The van der Waals surface area contributed by atoms with Crippen LogP contribution in [0.2, 0.25) is 0 Å². The first-order chi connectivity index (χ1) is 6.94. The van der Waals surface area contributed by atoms with E-state index in [1.807, 2.05) is 0 Å². The second kappa shape index (κ2) is 3.73. The number of methoxy groups -OCH3 is 1. The SMILES string of the molecule is COC(=O)c1cnn(C)c1C(C)(C)C#N. The Labute approximate surface area is 88.3 Å². The van der Waals surface area contributed by atoms with Gasteiger partial charge in [-0.3, -0.25) is 4.68 Å². The van der Waals surface area contributed by atoms with Gasteiger partial charge in [-0.05, 0) is 13.8 Å². The highest BCUT2D eigenvalue weighted by molar-refractivity contribution is 5.90. The largest absolute Gasteiger partial charge is 0.465 e. The van der Waals surface area contributed by atoms with Gasteiger partial charge < -0.3 is 4.74 Å². The molecule has 15 heavy (non-hydrogen) atoms. The molecule has 1 heterocycles. The van der Waals surface area contributed by atoms with Gasteiger partial charge in [-0.2, -0.15) is 10.4 Å². The third-order valence-corrected chi connectivity index (χ3v) is 2.22. The van der Waals surface area contributed by atoms with E-state index in [0.29, 0.717) is 11.3 Å². The predicted octanol–water partition coefficient (Wildman–Crippen LogP) is 1.01. The van der Waals surface area contributed by atoms with Gasteiger partial charge in [-0.25, -0.2) is 4.79 Å². The van der Waals surface area contributed by atoms with Crippen LogP contribution in [0.25, 0.3) is 0 Å². The van der Waals surface area contributed by atoms with Crippen LogP contribution in [0.15, 0.2) is 6.20 Å². The average Bonchev–Trinajstić information content (AvgIpc) is 2.59. The zero-order chi connectivity index (χ0) is 11.6. The summed E-state index contributed by atoms with van der Waals surface area (Å²) in [6.45, 7) is 3.47. The zero-order valence-corrected chi connectivity index (χ0v) is 9.24. The maximum absolute atomic E-state index is 11.4. The molecule has 0 N–H and O–H groups in total. The van der Waals surface area contributed by atoms with Gasteiger partial charge in [0.1, 0.15) is 5.56 Å². The van der Waals surface area contributed by atoms with Gasteiger partial charge in [0.15, 0.2) is 0 Å². The van der Waals surface area contributed by atoms with E-state index >= 15 is 0 Å². The van der Waals surface area contributed by atoms with Crippen molar-refractivity contribution in [1.82, 2.24) is 9.78 Å². The number of carbonyl (C=O) groups excluding carboxylic acids is 1. The molecule has 0 aliphatic rings. The van der Waals surface area contributed by atoms with Crippen molar-refractivity contribution >= 4 is 5.97 Å². The van der Waals surface area contributed by atoms with Crippen LogP contribution < -0.4 is 0 Å². The Hall–Kier alpha value is -1.83. The molecule has 0 aliphatic heterocycles. The maximum atomic E-state index is 11.4. The Morgan fingerprint density at radius 2 is 2.27 bits per heavy atom. The Morgan fingerprint density at radius 1 is 1.67 bits per heavy atom. The minimum Gasteiger partial charge on any atom is -0.465 e. The summed E-state index contributed by atoms with van der Waals surface area (Å²) in [4.78, 5) is 11.4. The average molecular weight is 207 g/mol. The fourth-order valence-electron chi connectivity index (χ4n) is 1.49. The van der Waals surface area contributed by atoms with Gasteiger partial charge in [-0.1, -0.05) is 0 Å². The lowest BCUT2D eigenvalue weighted by Gasteiger charge is -2.17. The summed E-state index contributed by atoms with van der Waals surface area (Å²) >= 11 is 0. The van der Waals surface area contributed by atoms with Crippen LogP contribution in [0.4, 0.5) is 0 Å². The van der Waals surface area contributed by atoms with Crippen LogP contribution in [0.5, 0.6) is 0 Å². The summed E-state index contributed by atoms with van der Waals surface area (Å²) in [5.74, 6) is -0.471. The molecule has 0 fully saturated rings. The van der Waals surface area contributed by atoms with Gasteiger partial charge in [-0.15, -0.1) is 0 Å². The molecule has 0 bridgehead atoms. The molecule has 0 radical (unpaired) electrons. The van der Waals surface area contributed by atoms with Gasteiger partial charge >= 0.3 is 5.97 Å². The number of aryl methyl sites for hydroxylation is 1. The van der Waals surface area contributed by atoms with E-state index in [1.54, 1.807) is 20.9 Å². The Balaban J connectivity index is 3.35. The molecular weight excluding hydrogens is 194 g/mol. The van der Waals surface area contributed by atoms with Crippen LogP contribution in [-0.4, -0.2) is 22.9 Å². The highest BCUT2D eigenvalue weighted by Gasteiger charge is 2.30. The summed E-state index contributed by atoms with van der Waals surface area (Å²) in [5.41, 5.74) is 0.137. The second-order valence-corrected chi connectivity index (χ2v) is 3.76. The number of nitriles is 1. The Kier molecular flexibility index (Phi) is 2.80. The predicted molar refractivity (Wildman–Crippen MR) is 53.2 cm³/mol. The van der Waals surface area contributed by atoms with Gasteiger partial charge in [0.25, 0.3) is 0 Å². The van der Waals surface area contributed by atoms with E-state index in [0.717, 1.165) is 0 Å². The van der Waals surface area contributed by atoms with Crippen molar-refractivity contribution in [3.05, 3.63) is 17.5 Å². The molecule has 0 amide bonds. The normalized spacial score (nSPS) is 10.9. The highest BCUT2D eigenvalue weighted by atomic mass is 16.5. The molecule has 5 nitrogen and oxygen atoms in total. The van der Waals surface area contributed by atoms with Gasteiger partial charge in [0, 0.05) is 7.05 Å². The molecule has 1 aromatic heterocycles. The lowest BCUT2D eigenvalue weighted by molar-refractivity contribution is 0.0598. The highest BCUT2D eigenvalue weighted by Crippen LogP contribution is 2.25. The number of aromatic nitrogens is 2. The van der Waals surface area contributed by atoms with E-state index in [4.69, 9.17) is 5.26 Å². The molecule has 1 rings (SSSR count). The lowest BCUT2D eigenvalue weighted by atomic mass is 9.88. The minimum atomic E-state index is -0.769. The van der Waals surface area contributed by atoms with Crippen molar-refractivity contribution in [3.63, 3.8) is 0 Å². The molecule has 0 atom stereocenters. The Bertz CT molecular complexity index is 426. The molecule has 0 unspecified atom stereocenters. The van der Waals surface area contributed by atoms with Crippen molar-refractivity contribution in [2.45, 2.75) is 19.3 Å². The van der Waals surface area contributed by atoms with Gasteiger partial charge in [0.2, 0.25) is 0 Å². The molecule has 0 spiro atoms. The molecule has 80 valence electrons. The van der Waals surface area contributed by atoms with Crippen molar-refractivity contribution in [1.29, 1.82) is 5.26 Å².